The maximum absolute atomic E-state index is 11.7. The van der Waals surface area contributed by atoms with E-state index in [0.29, 0.717) is 35.9 Å². The second-order valence-electron chi connectivity index (χ2n) is 8.04. The van der Waals surface area contributed by atoms with Crippen molar-refractivity contribution in [3.05, 3.63) is 23.8 Å². The molecule has 1 N–H and O–H groups in total. The van der Waals surface area contributed by atoms with Crippen LogP contribution in [0.4, 0.5) is 0 Å². The lowest BCUT2D eigenvalue weighted by atomic mass is 9.49. The SMILES string of the molecule is C#C[C@]1(O)C=C[C@@H]2[C@H]3CCC4=CC(=O)CC[C@@H]4[C@@H]3CC[C@@]21CC. The Morgan fingerprint density at radius 3 is 2.87 bits per heavy atom. The topological polar surface area (TPSA) is 37.3 Å². The van der Waals surface area contributed by atoms with Crippen molar-refractivity contribution >= 4 is 5.78 Å². The fraction of sp³-hybridized carbons (Fsp3) is 0.667. The molecule has 0 radical (unpaired) electrons. The second-order valence-corrected chi connectivity index (χ2v) is 8.04. The molecule has 0 aromatic carbocycles. The molecule has 2 heteroatoms. The number of hydrogen-bond donors (Lipinski definition) is 1. The third-order valence-corrected chi connectivity index (χ3v) is 7.54. The number of ketones is 1. The number of rotatable bonds is 1. The van der Waals surface area contributed by atoms with Crippen molar-refractivity contribution in [2.75, 3.05) is 0 Å². The first-order valence-electron chi connectivity index (χ1n) is 9.17. The number of terminal acetylenes is 1. The average molecular weight is 310 g/mol. The van der Waals surface area contributed by atoms with E-state index in [1.165, 1.54) is 5.57 Å². The number of carbonyl (C=O) groups excluding carboxylic acids is 1. The van der Waals surface area contributed by atoms with Crippen LogP contribution in [0.15, 0.2) is 23.8 Å². The maximum atomic E-state index is 11.7. The summed E-state index contributed by atoms with van der Waals surface area (Å²) in [6.07, 6.45) is 18.8. The molecular formula is C21H26O2. The normalized spacial score (nSPS) is 48.0. The van der Waals surface area contributed by atoms with Crippen LogP contribution in [0.2, 0.25) is 0 Å². The summed E-state index contributed by atoms with van der Waals surface area (Å²) in [5.41, 5.74) is 0.158. The quantitative estimate of drug-likeness (QED) is 0.593. The standard InChI is InChI=1S/C21H26O2/c1-3-20-11-9-17-16-8-6-15(22)13-14(16)5-7-18(17)19(20)10-12-21(20,23)4-2/h2,10,12-13,16-19,23H,3,5-9,11H2,1H3/t16-,17-,18-,19+,20-,21-/m0/s1. The Labute approximate surface area is 139 Å². The van der Waals surface area contributed by atoms with Gasteiger partial charge in [0.1, 0.15) is 5.60 Å². The molecule has 0 aromatic heterocycles. The lowest BCUT2D eigenvalue weighted by Gasteiger charge is -2.55. The number of hydrogen-bond acceptors (Lipinski definition) is 2. The van der Waals surface area contributed by atoms with E-state index in [-0.39, 0.29) is 5.41 Å². The number of allylic oxidation sites excluding steroid dienone is 3. The molecule has 4 aliphatic carbocycles. The summed E-state index contributed by atoms with van der Waals surface area (Å²) in [5.74, 6) is 5.28. The molecule has 4 rings (SSSR count). The van der Waals surface area contributed by atoms with E-state index in [9.17, 15) is 9.90 Å². The fourth-order valence-electron chi connectivity index (χ4n) is 6.38. The minimum absolute atomic E-state index is 0.172. The van der Waals surface area contributed by atoms with Gasteiger partial charge in [0.25, 0.3) is 0 Å². The van der Waals surface area contributed by atoms with E-state index >= 15 is 0 Å². The van der Waals surface area contributed by atoms with Crippen LogP contribution in [-0.4, -0.2) is 16.5 Å². The maximum Gasteiger partial charge on any atom is 0.155 e. The summed E-state index contributed by atoms with van der Waals surface area (Å²) in [4.78, 5) is 11.7. The Bertz CT molecular complexity index is 637. The zero-order valence-electron chi connectivity index (χ0n) is 13.9. The number of carbonyl (C=O) groups is 1. The van der Waals surface area contributed by atoms with Crippen LogP contribution in [0, 0.1) is 41.4 Å². The van der Waals surface area contributed by atoms with Gasteiger partial charge in [0.05, 0.1) is 0 Å². The van der Waals surface area contributed by atoms with Gasteiger partial charge < -0.3 is 5.11 Å². The molecule has 0 spiro atoms. The molecule has 23 heavy (non-hydrogen) atoms. The molecule has 122 valence electrons. The van der Waals surface area contributed by atoms with Gasteiger partial charge in [-0.3, -0.25) is 4.79 Å². The minimum atomic E-state index is -1.07. The zero-order chi connectivity index (χ0) is 16.2. The van der Waals surface area contributed by atoms with Gasteiger partial charge in [-0.15, -0.1) is 6.42 Å². The van der Waals surface area contributed by atoms with Gasteiger partial charge in [0.15, 0.2) is 5.78 Å². The monoisotopic (exact) mass is 310 g/mol. The van der Waals surface area contributed by atoms with Crippen LogP contribution >= 0.6 is 0 Å². The van der Waals surface area contributed by atoms with Gasteiger partial charge in [-0.1, -0.05) is 24.5 Å². The van der Waals surface area contributed by atoms with Gasteiger partial charge in [0.2, 0.25) is 0 Å². The van der Waals surface area contributed by atoms with Crippen LogP contribution in [0.25, 0.3) is 0 Å². The van der Waals surface area contributed by atoms with Gasteiger partial charge >= 0.3 is 0 Å². The number of aliphatic hydroxyl groups is 1. The summed E-state index contributed by atoms with van der Waals surface area (Å²) < 4.78 is 0. The summed E-state index contributed by atoms with van der Waals surface area (Å²) in [6.45, 7) is 2.18. The molecule has 0 unspecified atom stereocenters. The summed E-state index contributed by atoms with van der Waals surface area (Å²) in [6, 6.07) is 0. The Morgan fingerprint density at radius 1 is 1.30 bits per heavy atom. The highest BCUT2D eigenvalue weighted by molar-refractivity contribution is 5.91. The largest absolute Gasteiger partial charge is 0.373 e. The highest BCUT2D eigenvalue weighted by Crippen LogP contribution is 2.63. The van der Waals surface area contributed by atoms with E-state index in [0.717, 1.165) is 38.5 Å². The fourth-order valence-corrected chi connectivity index (χ4v) is 6.38. The first-order chi connectivity index (χ1) is 11.0. The molecule has 6 atom stereocenters. The molecule has 2 nitrogen and oxygen atoms in total. The average Bonchev–Trinajstić information content (AvgIpc) is 2.88. The molecule has 0 heterocycles. The van der Waals surface area contributed by atoms with E-state index in [2.05, 4.69) is 18.9 Å². The van der Waals surface area contributed by atoms with Crippen molar-refractivity contribution in [3.8, 4) is 12.3 Å². The van der Waals surface area contributed by atoms with E-state index in [4.69, 9.17) is 6.42 Å². The van der Waals surface area contributed by atoms with Crippen molar-refractivity contribution in [1.29, 1.82) is 0 Å². The van der Waals surface area contributed by atoms with Crippen LogP contribution in [-0.2, 0) is 4.79 Å². The molecule has 2 fully saturated rings. The summed E-state index contributed by atoms with van der Waals surface area (Å²) >= 11 is 0. The lowest BCUT2D eigenvalue weighted by molar-refractivity contribution is -0.116. The van der Waals surface area contributed by atoms with Crippen LogP contribution < -0.4 is 0 Å². The molecule has 0 aliphatic heterocycles. The predicted molar refractivity (Wildman–Crippen MR) is 90.4 cm³/mol. The van der Waals surface area contributed by atoms with Gasteiger partial charge in [-0.25, -0.2) is 0 Å². The zero-order valence-corrected chi connectivity index (χ0v) is 13.9. The van der Waals surface area contributed by atoms with Crippen molar-refractivity contribution in [3.63, 3.8) is 0 Å². The highest BCUT2D eigenvalue weighted by Gasteiger charge is 2.61. The van der Waals surface area contributed by atoms with Crippen LogP contribution in [0.5, 0.6) is 0 Å². The molecular weight excluding hydrogens is 284 g/mol. The Kier molecular flexibility index (Phi) is 3.36. The molecule has 0 aromatic rings. The van der Waals surface area contributed by atoms with Gasteiger partial charge in [-0.2, -0.15) is 0 Å². The molecule has 0 bridgehead atoms. The lowest BCUT2D eigenvalue weighted by Crippen LogP contribution is -2.54. The third-order valence-electron chi connectivity index (χ3n) is 7.54. The van der Waals surface area contributed by atoms with E-state index in [1.54, 1.807) is 0 Å². The smallest absolute Gasteiger partial charge is 0.155 e. The van der Waals surface area contributed by atoms with Crippen LogP contribution in [0.1, 0.15) is 51.9 Å². The molecule has 4 aliphatic rings. The van der Waals surface area contributed by atoms with E-state index < -0.39 is 5.60 Å². The Balaban J connectivity index is 1.69. The highest BCUT2D eigenvalue weighted by atomic mass is 16.3. The second kappa shape index (κ2) is 5.08. The summed E-state index contributed by atoms with van der Waals surface area (Å²) in [5, 5.41) is 11.0. The molecule has 0 saturated heterocycles. The minimum Gasteiger partial charge on any atom is -0.373 e. The first kappa shape index (κ1) is 15.2. The Morgan fingerprint density at radius 2 is 2.13 bits per heavy atom. The van der Waals surface area contributed by atoms with Crippen molar-refractivity contribution in [2.24, 2.45) is 29.1 Å². The van der Waals surface area contributed by atoms with Crippen molar-refractivity contribution < 1.29 is 9.90 Å². The molecule has 0 amide bonds. The van der Waals surface area contributed by atoms with Gasteiger partial charge in [0, 0.05) is 11.8 Å². The van der Waals surface area contributed by atoms with Crippen molar-refractivity contribution in [1.82, 2.24) is 0 Å². The first-order valence-corrected chi connectivity index (χ1v) is 9.17. The third kappa shape index (κ3) is 1.89. The predicted octanol–water partition coefficient (Wildman–Crippen LogP) is 3.66. The van der Waals surface area contributed by atoms with E-state index in [1.807, 2.05) is 12.2 Å². The van der Waals surface area contributed by atoms with Crippen LogP contribution in [0.3, 0.4) is 0 Å². The van der Waals surface area contributed by atoms with Gasteiger partial charge in [-0.05, 0) is 74.3 Å². The Hall–Kier alpha value is -1.33. The summed E-state index contributed by atoms with van der Waals surface area (Å²) in [7, 11) is 0. The molecule has 2 saturated carbocycles. The number of fused-ring (bicyclic) bond motifs is 5. The van der Waals surface area contributed by atoms with Crippen molar-refractivity contribution in [2.45, 2.75) is 57.5 Å².